The average molecular weight is 197 g/mol. The second-order valence-corrected chi connectivity index (χ2v) is 4.91. The molecule has 3 heteroatoms. The minimum absolute atomic E-state index is 0.220. The zero-order chi connectivity index (χ0) is 10.9. The van der Waals surface area contributed by atoms with E-state index in [0.717, 1.165) is 12.0 Å². The Balaban J connectivity index is 2.58. The molecule has 0 radical (unpaired) electrons. The fourth-order valence-electron chi connectivity index (χ4n) is 1.55. The Bertz CT molecular complexity index is 253. The van der Waals surface area contributed by atoms with E-state index in [4.69, 9.17) is 4.74 Å². The molecule has 1 rings (SSSR count). The van der Waals surface area contributed by atoms with Gasteiger partial charge in [0.15, 0.2) is 0 Å². The lowest BCUT2D eigenvalue weighted by atomic mass is 10.2. The number of amides is 1. The standard InChI is InChI=1S/C11H19NO2/c1-8-6-9(2)12(7-8)10(13)14-11(3,4)5/h9H,1,6-7H2,2-5H3/t9-/m1/s1. The average Bonchev–Trinajstić information content (AvgIpc) is 2.26. The van der Waals surface area contributed by atoms with Crippen molar-refractivity contribution in [2.24, 2.45) is 0 Å². The van der Waals surface area contributed by atoms with Crippen LogP contribution in [-0.2, 0) is 4.74 Å². The first kappa shape index (κ1) is 11.1. The van der Waals surface area contributed by atoms with Crippen LogP contribution in [0, 0.1) is 0 Å². The van der Waals surface area contributed by atoms with E-state index in [-0.39, 0.29) is 12.1 Å². The monoisotopic (exact) mass is 197 g/mol. The van der Waals surface area contributed by atoms with E-state index in [1.807, 2.05) is 27.7 Å². The fourth-order valence-corrected chi connectivity index (χ4v) is 1.55. The summed E-state index contributed by atoms with van der Waals surface area (Å²) in [4.78, 5) is 13.4. The molecule has 0 aromatic carbocycles. The molecule has 1 aliphatic heterocycles. The Labute approximate surface area is 85.7 Å². The molecule has 1 saturated heterocycles. The third-order valence-electron chi connectivity index (χ3n) is 2.14. The van der Waals surface area contributed by atoms with Crippen molar-refractivity contribution in [2.45, 2.75) is 45.8 Å². The number of ether oxygens (including phenoxy) is 1. The van der Waals surface area contributed by atoms with Gasteiger partial charge in [0.2, 0.25) is 0 Å². The van der Waals surface area contributed by atoms with Crippen molar-refractivity contribution in [3.8, 4) is 0 Å². The van der Waals surface area contributed by atoms with Gasteiger partial charge in [0, 0.05) is 12.6 Å². The van der Waals surface area contributed by atoms with E-state index in [9.17, 15) is 4.79 Å². The maximum Gasteiger partial charge on any atom is 0.410 e. The third kappa shape index (κ3) is 2.76. The molecule has 3 nitrogen and oxygen atoms in total. The zero-order valence-electron chi connectivity index (χ0n) is 9.46. The highest BCUT2D eigenvalue weighted by Gasteiger charge is 2.30. The van der Waals surface area contributed by atoms with Crippen molar-refractivity contribution in [3.63, 3.8) is 0 Å². The maximum absolute atomic E-state index is 11.7. The Hall–Kier alpha value is -0.990. The molecule has 80 valence electrons. The molecule has 0 saturated carbocycles. The number of rotatable bonds is 0. The first-order valence-corrected chi connectivity index (χ1v) is 4.96. The fraction of sp³-hybridized carbons (Fsp3) is 0.727. The Morgan fingerprint density at radius 3 is 2.50 bits per heavy atom. The van der Waals surface area contributed by atoms with Crippen LogP contribution in [0.2, 0.25) is 0 Å². The van der Waals surface area contributed by atoms with Gasteiger partial charge in [-0.25, -0.2) is 4.79 Å². The van der Waals surface area contributed by atoms with E-state index in [0.29, 0.717) is 6.54 Å². The molecule has 0 bridgehead atoms. The van der Waals surface area contributed by atoms with E-state index >= 15 is 0 Å². The molecule has 0 N–H and O–H groups in total. The van der Waals surface area contributed by atoms with Crippen LogP contribution in [0.3, 0.4) is 0 Å². The number of likely N-dealkylation sites (tertiary alicyclic amines) is 1. The van der Waals surface area contributed by atoms with Gasteiger partial charge in [0.1, 0.15) is 5.60 Å². The van der Waals surface area contributed by atoms with Crippen LogP contribution < -0.4 is 0 Å². The summed E-state index contributed by atoms with van der Waals surface area (Å²) in [6.45, 7) is 12.2. The van der Waals surface area contributed by atoms with Crippen LogP contribution in [0.5, 0.6) is 0 Å². The van der Waals surface area contributed by atoms with Crippen LogP contribution in [0.25, 0.3) is 0 Å². The molecule has 1 fully saturated rings. The minimum Gasteiger partial charge on any atom is -0.444 e. The predicted octanol–water partition coefficient (Wildman–Crippen LogP) is 2.57. The van der Waals surface area contributed by atoms with Crippen molar-refractivity contribution in [1.82, 2.24) is 4.90 Å². The molecule has 1 amide bonds. The summed E-state index contributed by atoms with van der Waals surface area (Å²) in [5.41, 5.74) is 0.684. The first-order valence-electron chi connectivity index (χ1n) is 4.96. The summed E-state index contributed by atoms with van der Waals surface area (Å²) in [6.07, 6.45) is 0.655. The van der Waals surface area contributed by atoms with Gasteiger partial charge in [-0.05, 0) is 34.1 Å². The van der Waals surface area contributed by atoms with Crippen LogP contribution in [0.1, 0.15) is 34.1 Å². The predicted molar refractivity (Wildman–Crippen MR) is 56.2 cm³/mol. The van der Waals surface area contributed by atoms with Crippen LogP contribution in [0.15, 0.2) is 12.2 Å². The summed E-state index contributed by atoms with van der Waals surface area (Å²) in [6, 6.07) is 0.220. The van der Waals surface area contributed by atoms with Crippen LogP contribution in [-0.4, -0.2) is 29.2 Å². The highest BCUT2D eigenvalue weighted by Crippen LogP contribution is 2.22. The summed E-state index contributed by atoms with van der Waals surface area (Å²) >= 11 is 0. The second kappa shape index (κ2) is 3.64. The van der Waals surface area contributed by atoms with Gasteiger partial charge in [-0.3, -0.25) is 0 Å². The molecule has 1 aliphatic rings. The summed E-state index contributed by atoms with van der Waals surface area (Å²) in [7, 11) is 0. The Morgan fingerprint density at radius 1 is 1.57 bits per heavy atom. The third-order valence-corrected chi connectivity index (χ3v) is 2.14. The zero-order valence-corrected chi connectivity index (χ0v) is 9.46. The summed E-state index contributed by atoms with van der Waals surface area (Å²) in [5.74, 6) is 0. The quantitative estimate of drug-likeness (QED) is 0.558. The molecule has 1 atom stereocenters. The highest BCUT2D eigenvalue weighted by atomic mass is 16.6. The van der Waals surface area contributed by atoms with Crippen LogP contribution >= 0.6 is 0 Å². The second-order valence-electron chi connectivity index (χ2n) is 4.91. The van der Waals surface area contributed by atoms with Crippen molar-refractivity contribution in [2.75, 3.05) is 6.54 Å². The molecular formula is C11H19NO2. The molecule has 14 heavy (non-hydrogen) atoms. The van der Waals surface area contributed by atoms with Gasteiger partial charge >= 0.3 is 6.09 Å². The van der Waals surface area contributed by atoms with Crippen LogP contribution in [0.4, 0.5) is 4.79 Å². The lowest BCUT2D eigenvalue weighted by molar-refractivity contribution is 0.0242. The topological polar surface area (TPSA) is 29.5 Å². The number of carbonyl (C=O) groups is 1. The number of hydrogen-bond acceptors (Lipinski definition) is 2. The molecule has 0 aliphatic carbocycles. The van der Waals surface area contributed by atoms with Gasteiger partial charge in [-0.1, -0.05) is 12.2 Å². The van der Waals surface area contributed by atoms with E-state index in [2.05, 4.69) is 6.58 Å². The van der Waals surface area contributed by atoms with E-state index < -0.39 is 5.60 Å². The first-order chi connectivity index (χ1) is 6.29. The van der Waals surface area contributed by atoms with Crippen molar-refractivity contribution in [3.05, 3.63) is 12.2 Å². The van der Waals surface area contributed by atoms with E-state index in [1.54, 1.807) is 4.90 Å². The van der Waals surface area contributed by atoms with Gasteiger partial charge in [0.25, 0.3) is 0 Å². The maximum atomic E-state index is 11.7. The smallest absolute Gasteiger partial charge is 0.410 e. The lowest BCUT2D eigenvalue weighted by Gasteiger charge is -2.26. The minimum atomic E-state index is -0.416. The molecular weight excluding hydrogens is 178 g/mol. The molecule has 0 aromatic heterocycles. The molecule has 0 aromatic rings. The lowest BCUT2D eigenvalue weighted by Crippen LogP contribution is -2.38. The van der Waals surface area contributed by atoms with Gasteiger partial charge in [0.05, 0.1) is 0 Å². The summed E-state index contributed by atoms with van der Waals surface area (Å²) in [5, 5.41) is 0. The summed E-state index contributed by atoms with van der Waals surface area (Å²) < 4.78 is 5.29. The number of hydrogen-bond donors (Lipinski definition) is 0. The normalized spacial score (nSPS) is 22.7. The highest BCUT2D eigenvalue weighted by molar-refractivity contribution is 5.69. The van der Waals surface area contributed by atoms with Gasteiger partial charge in [-0.15, -0.1) is 0 Å². The van der Waals surface area contributed by atoms with Crippen molar-refractivity contribution >= 4 is 6.09 Å². The molecule has 1 heterocycles. The van der Waals surface area contributed by atoms with Gasteiger partial charge < -0.3 is 9.64 Å². The number of carbonyl (C=O) groups excluding carboxylic acids is 1. The number of nitrogens with zero attached hydrogens (tertiary/aromatic N) is 1. The van der Waals surface area contributed by atoms with Gasteiger partial charge in [-0.2, -0.15) is 0 Å². The SMILES string of the molecule is C=C1C[C@@H](C)N(C(=O)OC(C)(C)C)C1. The van der Waals surface area contributed by atoms with Crippen molar-refractivity contribution < 1.29 is 9.53 Å². The molecule has 0 unspecified atom stereocenters. The molecule has 0 spiro atoms. The Kier molecular flexibility index (Phi) is 2.88. The van der Waals surface area contributed by atoms with E-state index in [1.165, 1.54) is 0 Å². The Morgan fingerprint density at radius 2 is 2.14 bits per heavy atom. The largest absolute Gasteiger partial charge is 0.444 e. The van der Waals surface area contributed by atoms with Crippen molar-refractivity contribution in [1.29, 1.82) is 0 Å².